The van der Waals surface area contributed by atoms with Crippen molar-refractivity contribution in [3.8, 4) is 54.6 Å². The van der Waals surface area contributed by atoms with E-state index in [0.717, 1.165) is 22.6 Å². The molecule has 0 spiro atoms. The quantitative estimate of drug-likeness (QED) is 0.199. The number of para-hydroxylation sites is 2. The highest BCUT2D eigenvalue weighted by molar-refractivity contribution is 7.25. The Balaban J connectivity index is 1.48. The van der Waals surface area contributed by atoms with E-state index in [0.29, 0.717) is 0 Å². The minimum atomic E-state index is 0.899. The highest BCUT2D eigenvalue weighted by Crippen LogP contribution is 2.57. The van der Waals surface area contributed by atoms with Gasteiger partial charge in [0.15, 0.2) is 0 Å². The summed E-state index contributed by atoms with van der Waals surface area (Å²) in [6, 6.07) is 35.0. The molecule has 0 saturated carbocycles. The number of methoxy groups -OCH3 is 2. The average Bonchev–Trinajstić information content (AvgIpc) is 3.79. The van der Waals surface area contributed by atoms with Gasteiger partial charge in [0.25, 0.3) is 0 Å². The summed E-state index contributed by atoms with van der Waals surface area (Å²) >= 11 is 3.76. The summed E-state index contributed by atoms with van der Waals surface area (Å²) in [5, 5.41) is 8.01. The van der Waals surface area contributed by atoms with Gasteiger partial charge in [-0.3, -0.25) is 0 Å². The summed E-state index contributed by atoms with van der Waals surface area (Å²) in [6.07, 6.45) is 0. The molecule has 6 aromatic carbocycles. The number of hydrogen-bond acceptors (Lipinski definition) is 4. The van der Waals surface area contributed by atoms with E-state index in [2.05, 4.69) is 98.8 Å². The molecule has 0 radical (unpaired) electrons. The van der Waals surface area contributed by atoms with Crippen molar-refractivity contribution in [3.63, 3.8) is 0 Å². The van der Waals surface area contributed by atoms with E-state index in [1.165, 1.54) is 84.9 Å². The minimum Gasteiger partial charge on any atom is -0.496 e. The first-order valence-corrected chi connectivity index (χ1v) is 16.5. The molecule has 0 aliphatic heterocycles. The van der Waals surface area contributed by atoms with Crippen LogP contribution >= 0.6 is 22.7 Å². The molecule has 0 atom stereocenters. The summed E-state index contributed by atoms with van der Waals surface area (Å²) < 4.78 is 14.3. The van der Waals surface area contributed by atoms with Crippen molar-refractivity contribution in [2.75, 3.05) is 14.2 Å². The SMILES string of the molecule is COc1ccccc1-c1cc2c3cc(-c4ccccc4OC)sc3c3c(C)c4c(c(C)c3c2s1)-c1cccc2cccc-4c12. The summed E-state index contributed by atoms with van der Waals surface area (Å²) in [7, 11) is 3.51. The molecule has 2 nitrogen and oxygen atoms in total. The third-order valence-corrected chi connectivity index (χ3v) is 11.8. The minimum absolute atomic E-state index is 0.899. The van der Waals surface area contributed by atoms with Crippen LogP contribution in [0.15, 0.2) is 97.1 Å². The predicted octanol–water partition coefficient (Wildman–Crippen LogP) is 12.0. The zero-order valence-electron chi connectivity index (χ0n) is 24.9. The monoisotopic (exact) mass is 604 g/mol. The van der Waals surface area contributed by atoms with E-state index in [4.69, 9.17) is 9.47 Å². The van der Waals surface area contributed by atoms with E-state index in [1.54, 1.807) is 14.2 Å². The molecule has 0 unspecified atom stereocenters. The fraction of sp³-hybridized carbons (Fsp3) is 0.100. The third-order valence-electron chi connectivity index (χ3n) is 9.40. The molecular formula is C40H28O2S2. The van der Waals surface area contributed by atoms with Gasteiger partial charge in [0, 0.05) is 51.8 Å². The molecule has 8 aromatic rings. The first-order chi connectivity index (χ1) is 21.6. The molecule has 0 amide bonds. The summed E-state index contributed by atoms with van der Waals surface area (Å²) in [5.74, 6) is 1.80. The van der Waals surface area contributed by atoms with Crippen molar-refractivity contribution in [1.29, 1.82) is 0 Å². The second kappa shape index (κ2) is 9.43. The molecule has 0 fully saturated rings. The van der Waals surface area contributed by atoms with Crippen LogP contribution in [-0.4, -0.2) is 14.2 Å². The summed E-state index contributed by atoms with van der Waals surface area (Å²) in [4.78, 5) is 2.44. The van der Waals surface area contributed by atoms with Crippen LogP contribution in [0.2, 0.25) is 0 Å². The number of benzene rings is 6. The third kappa shape index (κ3) is 3.35. The molecular weight excluding hydrogens is 577 g/mol. The smallest absolute Gasteiger partial charge is 0.127 e. The van der Waals surface area contributed by atoms with Crippen LogP contribution in [-0.2, 0) is 0 Å². The first kappa shape index (κ1) is 25.8. The summed E-state index contributed by atoms with van der Waals surface area (Å²) in [5.41, 5.74) is 10.5. The standard InChI is InChI=1S/C40H28O2S2/c1-21-34-26-15-9-11-23-12-10-16-27(38(23)26)35(34)22(2)37-36(21)39-28(19-32(43-39)24-13-5-7-17-30(24)41-3)29-20-33(44-40(29)37)25-14-6-8-18-31(25)42-4/h5-20H,1-4H3. The number of rotatable bonds is 4. The fourth-order valence-electron chi connectivity index (χ4n) is 7.51. The van der Waals surface area contributed by atoms with Gasteiger partial charge in [0.05, 0.1) is 14.2 Å². The lowest BCUT2D eigenvalue weighted by molar-refractivity contribution is 0.416. The van der Waals surface area contributed by atoms with Gasteiger partial charge < -0.3 is 9.47 Å². The molecule has 44 heavy (non-hydrogen) atoms. The summed E-state index contributed by atoms with van der Waals surface area (Å²) in [6.45, 7) is 4.68. The van der Waals surface area contributed by atoms with E-state index >= 15 is 0 Å². The van der Waals surface area contributed by atoms with Crippen molar-refractivity contribution in [3.05, 3.63) is 108 Å². The maximum atomic E-state index is 5.82. The van der Waals surface area contributed by atoms with Crippen LogP contribution in [0.25, 0.3) is 84.9 Å². The zero-order chi connectivity index (χ0) is 29.7. The Labute approximate surface area is 263 Å². The van der Waals surface area contributed by atoms with Crippen LogP contribution in [0.5, 0.6) is 11.5 Å². The second-order valence-electron chi connectivity index (χ2n) is 11.6. The molecule has 2 aromatic heterocycles. The topological polar surface area (TPSA) is 18.5 Å². The van der Waals surface area contributed by atoms with Gasteiger partial charge in [0.1, 0.15) is 11.5 Å². The second-order valence-corrected chi connectivity index (χ2v) is 13.7. The van der Waals surface area contributed by atoms with Gasteiger partial charge in [-0.05, 0) is 94.4 Å². The van der Waals surface area contributed by atoms with Gasteiger partial charge in [-0.25, -0.2) is 0 Å². The van der Waals surface area contributed by atoms with Gasteiger partial charge >= 0.3 is 0 Å². The lowest BCUT2D eigenvalue weighted by Gasteiger charge is -2.17. The Hall–Kier alpha value is -4.64. The van der Waals surface area contributed by atoms with E-state index in [1.807, 2.05) is 34.8 Å². The van der Waals surface area contributed by atoms with E-state index < -0.39 is 0 Å². The fourth-order valence-corrected chi connectivity index (χ4v) is 10.1. The van der Waals surface area contributed by atoms with Crippen molar-refractivity contribution in [2.24, 2.45) is 0 Å². The average molecular weight is 605 g/mol. The van der Waals surface area contributed by atoms with Gasteiger partial charge in [0.2, 0.25) is 0 Å². The number of aryl methyl sites for hydroxylation is 2. The van der Waals surface area contributed by atoms with Crippen molar-refractivity contribution < 1.29 is 9.47 Å². The maximum absolute atomic E-state index is 5.82. The predicted molar refractivity (Wildman–Crippen MR) is 190 cm³/mol. The van der Waals surface area contributed by atoms with Crippen molar-refractivity contribution >= 4 is 64.4 Å². The van der Waals surface area contributed by atoms with E-state index in [9.17, 15) is 0 Å². The lowest BCUT2D eigenvalue weighted by atomic mass is 9.87. The van der Waals surface area contributed by atoms with Crippen LogP contribution in [0.3, 0.4) is 0 Å². The van der Waals surface area contributed by atoms with Crippen LogP contribution in [0.4, 0.5) is 0 Å². The molecule has 212 valence electrons. The lowest BCUT2D eigenvalue weighted by Crippen LogP contribution is -1.92. The number of fused-ring (bicyclic) bond motifs is 9. The van der Waals surface area contributed by atoms with Gasteiger partial charge in [-0.2, -0.15) is 0 Å². The molecule has 0 N–H and O–H groups in total. The molecule has 0 saturated heterocycles. The normalized spacial score (nSPS) is 12.1. The highest BCUT2D eigenvalue weighted by atomic mass is 32.1. The number of thiophene rings is 2. The first-order valence-electron chi connectivity index (χ1n) is 14.8. The van der Waals surface area contributed by atoms with Crippen molar-refractivity contribution in [2.45, 2.75) is 13.8 Å². The van der Waals surface area contributed by atoms with Crippen molar-refractivity contribution in [1.82, 2.24) is 0 Å². The van der Waals surface area contributed by atoms with Crippen LogP contribution < -0.4 is 9.47 Å². The Morgan fingerprint density at radius 2 is 0.909 bits per heavy atom. The molecule has 4 heteroatoms. The Morgan fingerprint density at radius 3 is 1.36 bits per heavy atom. The molecule has 2 heterocycles. The van der Waals surface area contributed by atoms with Crippen LogP contribution in [0.1, 0.15) is 11.1 Å². The Morgan fingerprint density at radius 1 is 0.477 bits per heavy atom. The molecule has 0 bridgehead atoms. The van der Waals surface area contributed by atoms with Gasteiger partial charge in [-0.15, -0.1) is 22.7 Å². The van der Waals surface area contributed by atoms with Gasteiger partial charge in [-0.1, -0.05) is 60.7 Å². The maximum Gasteiger partial charge on any atom is 0.127 e. The molecule has 1 aliphatic carbocycles. The Bertz CT molecular complexity index is 2330. The number of hydrogen-bond donors (Lipinski definition) is 0. The number of ether oxygens (including phenoxy) is 2. The Kier molecular flexibility index (Phi) is 5.53. The zero-order valence-corrected chi connectivity index (χ0v) is 26.5. The van der Waals surface area contributed by atoms with Crippen LogP contribution in [0, 0.1) is 13.8 Å². The van der Waals surface area contributed by atoms with E-state index in [-0.39, 0.29) is 0 Å². The molecule has 9 rings (SSSR count). The largest absolute Gasteiger partial charge is 0.496 e. The molecule has 1 aliphatic rings. The highest BCUT2D eigenvalue weighted by Gasteiger charge is 2.29.